The first-order valence-electron chi connectivity index (χ1n) is 8.82. The van der Waals surface area contributed by atoms with Gasteiger partial charge >= 0.3 is 0 Å². The molecule has 0 N–H and O–H groups in total. The summed E-state index contributed by atoms with van der Waals surface area (Å²) in [6.07, 6.45) is 3.54. The molecule has 26 heavy (non-hydrogen) atoms. The van der Waals surface area contributed by atoms with Crippen LogP contribution in [-0.4, -0.2) is 54.7 Å². The van der Waals surface area contributed by atoms with Crippen molar-refractivity contribution in [1.82, 2.24) is 14.2 Å². The molecule has 1 fully saturated rings. The second-order valence-corrected chi connectivity index (χ2v) is 8.24. The van der Waals surface area contributed by atoms with Crippen LogP contribution in [0, 0.1) is 0 Å². The monoisotopic (exact) mass is 373 g/mol. The molecule has 3 rings (SSSR count). The Morgan fingerprint density at radius 1 is 1.04 bits per heavy atom. The predicted molar refractivity (Wildman–Crippen MR) is 99.3 cm³/mol. The van der Waals surface area contributed by atoms with Gasteiger partial charge in [-0.3, -0.25) is 9.78 Å². The third-order valence-corrected chi connectivity index (χ3v) is 6.42. The lowest BCUT2D eigenvalue weighted by Gasteiger charge is -2.33. The van der Waals surface area contributed by atoms with Crippen LogP contribution in [0.2, 0.25) is 0 Å². The van der Waals surface area contributed by atoms with Gasteiger partial charge in [0.1, 0.15) is 5.69 Å². The van der Waals surface area contributed by atoms with Gasteiger partial charge in [0, 0.05) is 32.4 Å². The molecule has 0 aliphatic carbocycles. The van der Waals surface area contributed by atoms with Crippen LogP contribution in [0.25, 0.3) is 0 Å². The van der Waals surface area contributed by atoms with Crippen LogP contribution in [0.3, 0.4) is 0 Å². The lowest BCUT2D eigenvalue weighted by Crippen LogP contribution is -2.50. The molecule has 1 aliphatic rings. The van der Waals surface area contributed by atoms with Gasteiger partial charge in [-0.15, -0.1) is 0 Å². The molecule has 0 atom stereocenters. The number of benzene rings is 1. The van der Waals surface area contributed by atoms with E-state index in [9.17, 15) is 13.2 Å². The third-order valence-electron chi connectivity index (χ3n) is 4.51. The Morgan fingerprint density at radius 2 is 1.73 bits per heavy atom. The molecular weight excluding hydrogens is 350 g/mol. The van der Waals surface area contributed by atoms with E-state index in [1.165, 1.54) is 4.31 Å². The molecule has 2 heterocycles. The molecule has 138 valence electrons. The number of hydrogen-bond acceptors (Lipinski definition) is 4. The number of carbonyl (C=O) groups is 1. The Labute approximate surface area is 154 Å². The highest BCUT2D eigenvalue weighted by atomic mass is 32.2. The fraction of sp³-hybridized carbons (Fsp3) is 0.368. The summed E-state index contributed by atoms with van der Waals surface area (Å²) < 4.78 is 27.1. The highest BCUT2D eigenvalue weighted by molar-refractivity contribution is 7.89. The van der Waals surface area contributed by atoms with Crippen molar-refractivity contribution in [2.24, 2.45) is 0 Å². The molecular formula is C19H23N3O3S. The molecule has 1 aliphatic heterocycles. The maximum absolute atomic E-state index is 12.8. The van der Waals surface area contributed by atoms with Gasteiger partial charge < -0.3 is 4.90 Å². The van der Waals surface area contributed by atoms with E-state index < -0.39 is 10.0 Å². The van der Waals surface area contributed by atoms with Crippen LogP contribution in [-0.2, 0) is 16.4 Å². The summed E-state index contributed by atoms with van der Waals surface area (Å²) in [5.74, 6) is -0.161. The van der Waals surface area contributed by atoms with Gasteiger partial charge in [0.25, 0.3) is 5.91 Å². The minimum atomic E-state index is -3.53. The van der Waals surface area contributed by atoms with E-state index in [1.807, 2.05) is 12.1 Å². The fourth-order valence-electron chi connectivity index (χ4n) is 3.05. The SMILES string of the molecule is CCCc1ccc(S(=O)(=O)N2CCN(C(=O)c3ccccn3)CC2)cc1. The van der Waals surface area contributed by atoms with Crippen LogP contribution in [0.5, 0.6) is 0 Å². The van der Waals surface area contributed by atoms with Gasteiger partial charge in [-0.05, 0) is 36.2 Å². The van der Waals surface area contributed by atoms with Crippen molar-refractivity contribution >= 4 is 15.9 Å². The Hall–Kier alpha value is -2.25. The fourth-order valence-corrected chi connectivity index (χ4v) is 4.47. The minimum Gasteiger partial charge on any atom is -0.335 e. The zero-order valence-corrected chi connectivity index (χ0v) is 15.7. The van der Waals surface area contributed by atoms with Crippen LogP contribution in [0.15, 0.2) is 53.6 Å². The average Bonchev–Trinajstić information content (AvgIpc) is 2.69. The van der Waals surface area contributed by atoms with E-state index in [1.54, 1.807) is 41.4 Å². The number of aromatic nitrogens is 1. The van der Waals surface area contributed by atoms with Crippen LogP contribution >= 0.6 is 0 Å². The molecule has 0 unspecified atom stereocenters. The third kappa shape index (κ3) is 3.94. The van der Waals surface area contributed by atoms with Gasteiger partial charge in [0.15, 0.2) is 0 Å². The van der Waals surface area contributed by atoms with E-state index in [2.05, 4.69) is 11.9 Å². The van der Waals surface area contributed by atoms with Gasteiger partial charge in [0.2, 0.25) is 10.0 Å². The van der Waals surface area contributed by atoms with Gasteiger partial charge in [-0.1, -0.05) is 31.5 Å². The van der Waals surface area contributed by atoms with Crippen molar-refractivity contribution in [3.05, 3.63) is 59.9 Å². The van der Waals surface area contributed by atoms with Crippen LogP contribution < -0.4 is 0 Å². The van der Waals surface area contributed by atoms with Crippen molar-refractivity contribution in [2.75, 3.05) is 26.2 Å². The molecule has 0 bridgehead atoms. The molecule has 0 radical (unpaired) electrons. The van der Waals surface area contributed by atoms with E-state index in [0.29, 0.717) is 23.7 Å². The van der Waals surface area contributed by atoms with Gasteiger partial charge in [-0.2, -0.15) is 4.31 Å². The highest BCUT2D eigenvalue weighted by Crippen LogP contribution is 2.19. The molecule has 1 aromatic carbocycles. The molecule has 6 nitrogen and oxygen atoms in total. The minimum absolute atomic E-state index is 0.161. The van der Waals surface area contributed by atoms with E-state index in [0.717, 1.165) is 18.4 Å². The average molecular weight is 373 g/mol. The Kier molecular flexibility index (Phi) is 5.68. The predicted octanol–water partition coefficient (Wildman–Crippen LogP) is 2.18. The summed E-state index contributed by atoms with van der Waals surface area (Å²) in [5, 5.41) is 0. The molecule has 0 spiro atoms. The second kappa shape index (κ2) is 7.97. The number of piperazine rings is 1. The van der Waals surface area contributed by atoms with Crippen molar-refractivity contribution in [1.29, 1.82) is 0 Å². The first-order chi connectivity index (χ1) is 12.5. The lowest BCUT2D eigenvalue weighted by atomic mass is 10.1. The van der Waals surface area contributed by atoms with Crippen molar-refractivity contribution in [2.45, 2.75) is 24.7 Å². The molecule has 0 saturated carbocycles. The lowest BCUT2D eigenvalue weighted by molar-refractivity contribution is 0.0692. The topological polar surface area (TPSA) is 70.6 Å². The number of amides is 1. The zero-order chi connectivity index (χ0) is 18.6. The molecule has 1 amide bonds. The number of hydrogen-bond donors (Lipinski definition) is 0. The van der Waals surface area contributed by atoms with E-state index >= 15 is 0 Å². The number of carbonyl (C=O) groups excluding carboxylic acids is 1. The molecule has 1 aromatic heterocycles. The Balaban J connectivity index is 1.66. The number of aryl methyl sites for hydroxylation is 1. The summed E-state index contributed by atoms with van der Waals surface area (Å²) in [6.45, 7) is 3.40. The maximum Gasteiger partial charge on any atom is 0.272 e. The Morgan fingerprint density at radius 3 is 2.31 bits per heavy atom. The van der Waals surface area contributed by atoms with Gasteiger partial charge in [-0.25, -0.2) is 8.42 Å². The van der Waals surface area contributed by atoms with Gasteiger partial charge in [0.05, 0.1) is 4.90 Å². The summed E-state index contributed by atoms with van der Waals surface area (Å²) in [6, 6.07) is 12.3. The summed E-state index contributed by atoms with van der Waals surface area (Å²) in [5.41, 5.74) is 1.52. The van der Waals surface area contributed by atoms with Crippen molar-refractivity contribution in [3.63, 3.8) is 0 Å². The first-order valence-corrected chi connectivity index (χ1v) is 10.3. The van der Waals surface area contributed by atoms with E-state index in [-0.39, 0.29) is 19.0 Å². The number of pyridine rings is 1. The highest BCUT2D eigenvalue weighted by Gasteiger charge is 2.30. The Bertz CT molecular complexity index is 843. The largest absolute Gasteiger partial charge is 0.335 e. The van der Waals surface area contributed by atoms with Crippen molar-refractivity contribution < 1.29 is 13.2 Å². The smallest absolute Gasteiger partial charge is 0.272 e. The maximum atomic E-state index is 12.8. The summed E-state index contributed by atoms with van der Waals surface area (Å²) >= 11 is 0. The van der Waals surface area contributed by atoms with E-state index in [4.69, 9.17) is 0 Å². The number of sulfonamides is 1. The number of rotatable bonds is 5. The first kappa shape index (κ1) is 18.5. The normalized spacial score (nSPS) is 15.8. The number of nitrogens with zero attached hydrogens (tertiary/aromatic N) is 3. The molecule has 2 aromatic rings. The molecule has 1 saturated heterocycles. The van der Waals surface area contributed by atoms with Crippen molar-refractivity contribution in [3.8, 4) is 0 Å². The quantitative estimate of drug-likeness (QED) is 0.805. The molecule has 7 heteroatoms. The standard InChI is InChI=1S/C19H23N3O3S/c1-2-5-16-7-9-17(10-8-16)26(24,25)22-14-12-21(13-15-22)19(23)18-6-3-4-11-20-18/h3-4,6-11H,2,5,12-15H2,1H3. The second-order valence-electron chi connectivity index (χ2n) is 6.31. The van der Waals surface area contributed by atoms with Crippen LogP contribution in [0.1, 0.15) is 29.4 Å². The summed E-state index contributed by atoms with van der Waals surface area (Å²) in [7, 11) is -3.53. The summed E-state index contributed by atoms with van der Waals surface area (Å²) in [4.78, 5) is 18.4. The zero-order valence-electron chi connectivity index (χ0n) is 14.8. The van der Waals surface area contributed by atoms with Crippen LogP contribution in [0.4, 0.5) is 0 Å².